The Bertz CT molecular complexity index is 762. The first-order valence-corrected chi connectivity index (χ1v) is 6.98. The second-order valence-corrected chi connectivity index (χ2v) is 5.07. The third-order valence-electron chi connectivity index (χ3n) is 2.79. The van der Waals surface area contributed by atoms with Crippen LogP contribution < -0.4 is 5.32 Å². The highest BCUT2D eigenvalue weighted by molar-refractivity contribution is 8.93. The average molecular weight is 379 g/mol. The van der Waals surface area contributed by atoms with E-state index in [9.17, 15) is 10.1 Å². The van der Waals surface area contributed by atoms with E-state index in [1.54, 1.807) is 24.5 Å². The van der Waals surface area contributed by atoms with Crippen molar-refractivity contribution in [1.82, 2.24) is 9.97 Å². The Labute approximate surface area is 140 Å². The summed E-state index contributed by atoms with van der Waals surface area (Å²) >= 11 is 1.47. The summed E-state index contributed by atoms with van der Waals surface area (Å²) in [6, 6.07) is 10.1. The summed E-state index contributed by atoms with van der Waals surface area (Å²) in [5.74, 6) is 0. The molecule has 0 saturated heterocycles. The van der Waals surface area contributed by atoms with Crippen molar-refractivity contribution in [2.75, 3.05) is 5.32 Å². The zero-order chi connectivity index (χ0) is 14.7. The Balaban J connectivity index is 0.00000176. The van der Waals surface area contributed by atoms with Gasteiger partial charge in [0.2, 0.25) is 0 Å². The molecule has 112 valence electrons. The Morgan fingerprint density at radius 2 is 1.95 bits per heavy atom. The molecule has 0 radical (unpaired) electrons. The van der Waals surface area contributed by atoms with Gasteiger partial charge in [-0.1, -0.05) is 0 Å². The summed E-state index contributed by atoms with van der Waals surface area (Å²) < 4.78 is 0. The van der Waals surface area contributed by atoms with Crippen LogP contribution in [-0.4, -0.2) is 14.9 Å². The Kier molecular flexibility index (Phi) is 5.18. The van der Waals surface area contributed by atoms with Gasteiger partial charge in [0.1, 0.15) is 0 Å². The van der Waals surface area contributed by atoms with Gasteiger partial charge >= 0.3 is 0 Å². The number of aromatic nitrogens is 2. The fraction of sp³-hybridized carbons (Fsp3) is 0. The van der Waals surface area contributed by atoms with E-state index in [4.69, 9.17) is 0 Å². The first kappa shape index (κ1) is 16.1. The average Bonchev–Trinajstić information content (AvgIpc) is 2.97. The van der Waals surface area contributed by atoms with E-state index in [0.717, 1.165) is 22.1 Å². The summed E-state index contributed by atoms with van der Waals surface area (Å²) in [5, 5.41) is 16.4. The summed E-state index contributed by atoms with van der Waals surface area (Å²) in [4.78, 5) is 18.7. The number of thiazole rings is 1. The van der Waals surface area contributed by atoms with E-state index in [0.29, 0.717) is 0 Å². The van der Waals surface area contributed by atoms with Crippen LogP contribution in [-0.2, 0) is 0 Å². The minimum Gasteiger partial charge on any atom is -0.330 e. The van der Waals surface area contributed by atoms with Crippen molar-refractivity contribution in [2.45, 2.75) is 0 Å². The maximum Gasteiger partial charge on any atom is 0.269 e. The SMILES string of the molecule is Br.O=[N+]([O-])c1ccc(-c2csc(Nc3cccnc3)n2)cc1. The minimum absolute atomic E-state index is 0. The number of non-ortho nitro benzene ring substituents is 1. The molecule has 2 aromatic heterocycles. The highest BCUT2D eigenvalue weighted by Gasteiger charge is 2.08. The van der Waals surface area contributed by atoms with Gasteiger partial charge in [0.05, 0.1) is 22.5 Å². The maximum absolute atomic E-state index is 10.6. The fourth-order valence-corrected chi connectivity index (χ4v) is 2.52. The number of nitrogens with one attached hydrogen (secondary N) is 1. The van der Waals surface area contributed by atoms with Gasteiger partial charge in [-0.15, -0.1) is 28.3 Å². The maximum atomic E-state index is 10.6. The van der Waals surface area contributed by atoms with Gasteiger partial charge in [0, 0.05) is 29.3 Å². The van der Waals surface area contributed by atoms with Gasteiger partial charge in [-0.3, -0.25) is 15.1 Å². The van der Waals surface area contributed by atoms with Crippen molar-refractivity contribution in [3.8, 4) is 11.3 Å². The van der Waals surface area contributed by atoms with Gasteiger partial charge in [-0.05, 0) is 24.3 Å². The number of rotatable bonds is 4. The van der Waals surface area contributed by atoms with Crippen LogP contribution in [0.4, 0.5) is 16.5 Å². The molecule has 8 heteroatoms. The van der Waals surface area contributed by atoms with Crippen molar-refractivity contribution >= 4 is 44.8 Å². The Hall–Kier alpha value is -2.32. The van der Waals surface area contributed by atoms with Gasteiger partial charge in [0.15, 0.2) is 5.13 Å². The molecule has 1 aromatic carbocycles. The molecule has 0 bridgehead atoms. The van der Waals surface area contributed by atoms with Gasteiger partial charge in [-0.2, -0.15) is 0 Å². The minimum atomic E-state index is -0.416. The number of nitro groups is 1. The summed E-state index contributed by atoms with van der Waals surface area (Å²) in [6.45, 7) is 0. The topological polar surface area (TPSA) is 81.0 Å². The lowest BCUT2D eigenvalue weighted by Crippen LogP contribution is -1.90. The number of benzene rings is 1. The normalized spacial score (nSPS) is 9.82. The van der Waals surface area contributed by atoms with Crippen LogP contribution in [0.2, 0.25) is 0 Å². The molecule has 0 spiro atoms. The second kappa shape index (κ2) is 7.10. The smallest absolute Gasteiger partial charge is 0.269 e. The highest BCUT2D eigenvalue weighted by atomic mass is 79.9. The Morgan fingerprint density at radius 1 is 1.18 bits per heavy atom. The number of pyridine rings is 1. The molecular weight excluding hydrogens is 368 g/mol. The number of hydrogen-bond donors (Lipinski definition) is 1. The van der Waals surface area contributed by atoms with E-state index in [1.165, 1.54) is 23.5 Å². The molecular formula is C14H11BrN4O2S. The van der Waals surface area contributed by atoms with Crippen molar-refractivity contribution in [1.29, 1.82) is 0 Å². The monoisotopic (exact) mass is 378 g/mol. The van der Waals surface area contributed by atoms with Crippen LogP contribution in [0.1, 0.15) is 0 Å². The lowest BCUT2D eigenvalue weighted by Gasteiger charge is -2.00. The van der Waals surface area contributed by atoms with Crippen LogP contribution >= 0.6 is 28.3 Å². The molecule has 3 aromatic rings. The van der Waals surface area contributed by atoms with Crippen molar-refractivity contribution in [2.24, 2.45) is 0 Å². The molecule has 0 saturated carbocycles. The molecule has 0 aliphatic heterocycles. The van der Waals surface area contributed by atoms with Crippen molar-refractivity contribution < 1.29 is 4.92 Å². The predicted molar refractivity (Wildman–Crippen MR) is 92.0 cm³/mol. The zero-order valence-corrected chi connectivity index (χ0v) is 13.7. The number of nitro benzene ring substituents is 1. The molecule has 0 aliphatic carbocycles. The Morgan fingerprint density at radius 3 is 2.59 bits per heavy atom. The van der Waals surface area contributed by atoms with Crippen LogP contribution in [0, 0.1) is 10.1 Å². The third kappa shape index (κ3) is 3.66. The molecule has 6 nitrogen and oxygen atoms in total. The number of nitrogens with zero attached hydrogens (tertiary/aromatic N) is 3. The van der Waals surface area contributed by atoms with E-state index >= 15 is 0 Å². The van der Waals surface area contributed by atoms with E-state index in [1.807, 2.05) is 17.5 Å². The lowest BCUT2D eigenvalue weighted by atomic mass is 10.1. The largest absolute Gasteiger partial charge is 0.330 e. The quantitative estimate of drug-likeness (QED) is 0.536. The van der Waals surface area contributed by atoms with Crippen LogP contribution in [0.25, 0.3) is 11.3 Å². The second-order valence-electron chi connectivity index (χ2n) is 4.21. The zero-order valence-electron chi connectivity index (χ0n) is 11.2. The standard InChI is InChI=1S/C14H10N4O2S.BrH/c19-18(20)12-5-3-10(4-6-12)13-9-21-14(17-13)16-11-2-1-7-15-8-11;/h1-9H,(H,16,17);1H. The molecule has 2 heterocycles. The van der Waals surface area contributed by atoms with E-state index in [-0.39, 0.29) is 22.7 Å². The predicted octanol–water partition coefficient (Wildman–Crippen LogP) is 4.43. The molecule has 0 atom stereocenters. The van der Waals surface area contributed by atoms with Gasteiger partial charge < -0.3 is 5.32 Å². The third-order valence-corrected chi connectivity index (χ3v) is 3.55. The number of hydrogen-bond acceptors (Lipinski definition) is 6. The fourth-order valence-electron chi connectivity index (χ4n) is 1.78. The molecule has 0 amide bonds. The first-order chi connectivity index (χ1) is 10.2. The first-order valence-electron chi connectivity index (χ1n) is 6.10. The van der Waals surface area contributed by atoms with Crippen LogP contribution in [0.5, 0.6) is 0 Å². The molecule has 0 unspecified atom stereocenters. The van der Waals surface area contributed by atoms with Crippen molar-refractivity contribution in [3.63, 3.8) is 0 Å². The van der Waals surface area contributed by atoms with E-state index in [2.05, 4.69) is 15.3 Å². The lowest BCUT2D eigenvalue weighted by molar-refractivity contribution is -0.384. The van der Waals surface area contributed by atoms with Crippen LogP contribution in [0.3, 0.4) is 0 Å². The van der Waals surface area contributed by atoms with Crippen molar-refractivity contribution in [3.05, 3.63) is 64.3 Å². The molecule has 0 aliphatic rings. The molecule has 22 heavy (non-hydrogen) atoms. The summed E-state index contributed by atoms with van der Waals surface area (Å²) in [6.07, 6.45) is 3.42. The van der Waals surface area contributed by atoms with Crippen LogP contribution in [0.15, 0.2) is 54.2 Å². The summed E-state index contributed by atoms with van der Waals surface area (Å²) in [7, 11) is 0. The highest BCUT2D eigenvalue weighted by Crippen LogP contribution is 2.27. The van der Waals surface area contributed by atoms with Gasteiger partial charge in [-0.25, -0.2) is 4.98 Å². The number of anilines is 2. The molecule has 3 rings (SSSR count). The van der Waals surface area contributed by atoms with E-state index < -0.39 is 4.92 Å². The van der Waals surface area contributed by atoms with Gasteiger partial charge in [0.25, 0.3) is 5.69 Å². The number of halogens is 1. The molecule has 0 fully saturated rings. The summed E-state index contributed by atoms with van der Waals surface area (Å²) in [5.41, 5.74) is 2.56. The molecule has 1 N–H and O–H groups in total.